The van der Waals surface area contributed by atoms with Gasteiger partial charge >= 0.3 is 10.1 Å². The summed E-state index contributed by atoms with van der Waals surface area (Å²) in [5, 5.41) is 0.708. The van der Waals surface area contributed by atoms with Crippen molar-refractivity contribution in [2.75, 3.05) is 0 Å². The van der Waals surface area contributed by atoms with Crippen molar-refractivity contribution in [1.82, 2.24) is 0 Å². The fourth-order valence-electron chi connectivity index (χ4n) is 0.689. The molecule has 1 unspecified atom stereocenters. The Morgan fingerprint density at radius 2 is 2.15 bits per heavy atom. The van der Waals surface area contributed by atoms with E-state index in [9.17, 15) is 8.42 Å². The van der Waals surface area contributed by atoms with Crippen molar-refractivity contribution in [1.29, 1.82) is 0 Å². The van der Waals surface area contributed by atoms with Gasteiger partial charge in [0.1, 0.15) is 0 Å². The second kappa shape index (κ2) is 6.12. The molecule has 0 saturated heterocycles. The van der Waals surface area contributed by atoms with Gasteiger partial charge in [-0.3, -0.25) is 0 Å². The van der Waals surface area contributed by atoms with Crippen LogP contribution in [0.4, 0.5) is 0 Å². The Morgan fingerprint density at radius 3 is 2.62 bits per heavy atom. The van der Waals surface area contributed by atoms with Gasteiger partial charge in [-0.1, -0.05) is 26.3 Å². The zero-order chi connectivity index (χ0) is 10.3. The van der Waals surface area contributed by atoms with Gasteiger partial charge in [0.2, 0.25) is 0 Å². The van der Waals surface area contributed by atoms with Crippen LogP contribution in [0.2, 0.25) is 0 Å². The molecule has 1 atom stereocenters. The number of unbranched alkanes of at least 4 members (excludes halogenated alkanes) is 1. The zero-order valence-electron chi connectivity index (χ0n) is 8.02. The highest BCUT2D eigenvalue weighted by molar-refractivity contribution is 7.89. The molecule has 0 N–H and O–H groups in total. The van der Waals surface area contributed by atoms with Gasteiger partial charge in [0.05, 0.1) is 11.5 Å². The molecule has 0 heterocycles. The van der Waals surface area contributed by atoms with Crippen LogP contribution in [-0.2, 0) is 19.3 Å². The molecule has 0 spiro atoms. The summed E-state index contributed by atoms with van der Waals surface area (Å²) in [6.45, 7) is 6.89. The first-order valence-corrected chi connectivity index (χ1v) is 5.71. The molecule has 0 aliphatic rings. The van der Waals surface area contributed by atoms with Crippen LogP contribution in [0.3, 0.4) is 0 Å². The molecule has 0 aromatic carbocycles. The topological polar surface area (TPSA) is 52.6 Å². The Balaban J connectivity index is 3.70. The van der Waals surface area contributed by atoms with Crippen LogP contribution >= 0.6 is 0 Å². The van der Waals surface area contributed by atoms with E-state index in [1.807, 2.05) is 6.92 Å². The van der Waals surface area contributed by atoms with Gasteiger partial charge in [0, 0.05) is 0 Å². The van der Waals surface area contributed by atoms with E-state index in [1.54, 1.807) is 6.92 Å². The lowest BCUT2D eigenvalue weighted by atomic mass is 10.2. The van der Waals surface area contributed by atoms with Gasteiger partial charge in [-0.15, -0.1) is 4.33 Å². The smallest absolute Gasteiger partial charge is 0.217 e. The molecule has 78 valence electrons. The summed E-state index contributed by atoms with van der Waals surface area (Å²) in [5.74, 6) is 0. The number of hydrogen-bond donors (Lipinski definition) is 0. The van der Waals surface area contributed by atoms with Crippen LogP contribution < -0.4 is 0 Å². The number of rotatable bonds is 7. The Kier molecular flexibility index (Phi) is 5.94. The molecule has 0 saturated carbocycles. The third-order valence-electron chi connectivity index (χ3n) is 1.47. The average Bonchev–Trinajstić information content (AvgIpc) is 2.11. The fraction of sp³-hybridized carbons (Fsp3) is 0.750. The average molecular weight is 208 g/mol. The van der Waals surface area contributed by atoms with Crippen LogP contribution in [0.1, 0.15) is 33.1 Å². The third-order valence-corrected chi connectivity index (χ3v) is 2.14. The van der Waals surface area contributed by atoms with Crippen molar-refractivity contribution >= 4 is 10.1 Å². The van der Waals surface area contributed by atoms with Gasteiger partial charge in [-0.2, -0.15) is 8.42 Å². The molecular weight excluding hydrogens is 192 g/mol. The molecule has 5 heteroatoms. The first-order valence-electron chi connectivity index (χ1n) is 4.24. The lowest BCUT2D eigenvalue weighted by Crippen LogP contribution is -2.12. The first-order chi connectivity index (χ1) is 6.02. The maximum absolute atomic E-state index is 10.7. The molecule has 0 aliphatic heterocycles. The van der Waals surface area contributed by atoms with Crippen LogP contribution in [-0.4, -0.2) is 14.5 Å². The zero-order valence-corrected chi connectivity index (χ0v) is 8.84. The van der Waals surface area contributed by atoms with Crippen molar-refractivity contribution in [3.05, 3.63) is 12.0 Å². The molecule has 0 radical (unpaired) electrons. The lowest BCUT2D eigenvalue weighted by Gasteiger charge is -2.08. The van der Waals surface area contributed by atoms with Gasteiger partial charge < -0.3 is 0 Å². The van der Waals surface area contributed by atoms with Crippen LogP contribution in [0.15, 0.2) is 12.0 Å². The molecule has 0 aromatic heterocycles. The van der Waals surface area contributed by atoms with Gasteiger partial charge in [0.15, 0.2) is 0 Å². The van der Waals surface area contributed by atoms with Crippen molar-refractivity contribution < 1.29 is 17.6 Å². The van der Waals surface area contributed by atoms with E-state index in [0.717, 1.165) is 19.3 Å². The third kappa shape index (κ3) is 6.74. The summed E-state index contributed by atoms with van der Waals surface area (Å²) in [6.07, 6.45) is 2.60. The van der Waals surface area contributed by atoms with E-state index in [-0.39, 0.29) is 6.10 Å². The molecule has 0 aliphatic carbocycles. The normalized spacial score (nSPS) is 14.0. The summed E-state index contributed by atoms with van der Waals surface area (Å²) >= 11 is 0. The monoisotopic (exact) mass is 208 g/mol. The van der Waals surface area contributed by atoms with Crippen LogP contribution in [0.5, 0.6) is 0 Å². The maximum Gasteiger partial charge on any atom is 0.315 e. The Bertz CT molecular complexity index is 233. The predicted octanol–water partition coefficient (Wildman–Crippen LogP) is 1.99. The first kappa shape index (κ1) is 12.6. The Morgan fingerprint density at radius 1 is 1.54 bits per heavy atom. The van der Waals surface area contributed by atoms with E-state index in [0.29, 0.717) is 5.41 Å². The lowest BCUT2D eigenvalue weighted by molar-refractivity contribution is -0.235. The maximum atomic E-state index is 10.7. The predicted molar refractivity (Wildman–Crippen MR) is 50.3 cm³/mol. The number of hydrogen-bond acceptors (Lipinski definition) is 4. The van der Waals surface area contributed by atoms with Crippen molar-refractivity contribution in [2.24, 2.45) is 0 Å². The molecule has 0 bridgehead atoms. The van der Waals surface area contributed by atoms with Crippen molar-refractivity contribution in [2.45, 2.75) is 39.2 Å². The second-order valence-corrected chi connectivity index (χ2v) is 4.23. The van der Waals surface area contributed by atoms with Gasteiger partial charge in [-0.05, 0) is 13.3 Å². The highest BCUT2D eigenvalue weighted by atomic mass is 32.2. The molecular formula is C8H16O4S. The fourth-order valence-corrected chi connectivity index (χ4v) is 0.988. The van der Waals surface area contributed by atoms with E-state index in [2.05, 4.69) is 15.8 Å². The molecule has 0 amide bonds. The summed E-state index contributed by atoms with van der Waals surface area (Å²) in [6, 6.07) is 0. The molecule has 0 rings (SSSR count). The summed E-state index contributed by atoms with van der Waals surface area (Å²) < 4.78 is 25.6. The largest absolute Gasteiger partial charge is 0.315 e. The van der Waals surface area contributed by atoms with Gasteiger partial charge in [-0.25, -0.2) is 4.89 Å². The minimum absolute atomic E-state index is 0.213. The van der Waals surface area contributed by atoms with Crippen molar-refractivity contribution in [3.8, 4) is 0 Å². The summed E-state index contributed by atoms with van der Waals surface area (Å²) in [5.41, 5.74) is 0. The van der Waals surface area contributed by atoms with Crippen LogP contribution in [0, 0.1) is 0 Å². The molecule has 13 heavy (non-hydrogen) atoms. The minimum Gasteiger partial charge on any atom is -0.217 e. The highest BCUT2D eigenvalue weighted by Crippen LogP contribution is 2.06. The van der Waals surface area contributed by atoms with Crippen molar-refractivity contribution in [3.63, 3.8) is 0 Å². The minimum atomic E-state index is -3.70. The standard InChI is InChI=1S/C8H16O4S/c1-4-6-7-8(3)11-12-13(9,10)5-2/h5,8H,2,4,6-7H2,1,3H3. The van der Waals surface area contributed by atoms with Crippen LogP contribution in [0.25, 0.3) is 0 Å². The Labute approximate surface area is 79.6 Å². The quantitative estimate of drug-likeness (QED) is 0.474. The molecule has 0 fully saturated rings. The van der Waals surface area contributed by atoms with Gasteiger partial charge in [0.25, 0.3) is 0 Å². The SMILES string of the molecule is C=CS(=O)(=O)OOC(C)CCCC. The second-order valence-electron chi connectivity index (χ2n) is 2.78. The van der Waals surface area contributed by atoms with E-state index in [4.69, 9.17) is 0 Å². The van der Waals surface area contributed by atoms with E-state index in [1.165, 1.54) is 0 Å². The Hall–Kier alpha value is -0.390. The summed E-state index contributed by atoms with van der Waals surface area (Å²) in [7, 11) is -3.70. The highest BCUT2D eigenvalue weighted by Gasteiger charge is 2.09. The molecule has 4 nitrogen and oxygen atoms in total. The van der Waals surface area contributed by atoms with E-state index >= 15 is 0 Å². The molecule has 0 aromatic rings. The summed E-state index contributed by atoms with van der Waals surface area (Å²) in [4.78, 5) is 4.64. The van der Waals surface area contributed by atoms with E-state index < -0.39 is 10.1 Å².